The number of hydrogen-bond donors (Lipinski definition) is 0. The summed E-state index contributed by atoms with van der Waals surface area (Å²) in [5, 5.41) is 0. The molecule has 0 aliphatic heterocycles. The number of benzene rings is 2. The van der Waals surface area contributed by atoms with Crippen LogP contribution in [0.4, 0.5) is 0 Å². The maximum atomic E-state index is 6.71. The summed E-state index contributed by atoms with van der Waals surface area (Å²) in [5.41, 5.74) is 2.76. The average molecular weight is 363 g/mol. The third kappa shape index (κ3) is 3.13. The molecule has 0 aliphatic carbocycles. The molecule has 18 heavy (non-hydrogen) atoms. The summed E-state index contributed by atoms with van der Waals surface area (Å²) in [6.45, 7) is 2.68. The minimum absolute atomic E-state index is 0.414. The van der Waals surface area contributed by atoms with Crippen molar-refractivity contribution in [2.75, 3.05) is 0 Å². The van der Waals surface area contributed by atoms with Gasteiger partial charge in [0.25, 0.3) is 0 Å². The van der Waals surface area contributed by atoms with E-state index in [9.17, 15) is 0 Å². The Morgan fingerprint density at radius 1 is 0.889 bits per heavy atom. The van der Waals surface area contributed by atoms with Crippen LogP contribution in [0.2, 0.25) is 16.7 Å². The number of hydrogen-bond acceptors (Lipinski definition) is 0. The van der Waals surface area contributed by atoms with Gasteiger partial charge in [-0.15, -0.1) is 0 Å². The summed E-state index contributed by atoms with van der Waals surface area (Å²) < 4.78 is 1.42. The Bertz CT molecular complexity index is 520. The molecule has 0 N–H and O–H groups in total. The molecule has 0 fully saturated rings. The molecule has 0 amide bonds. The average Bonchev–Trinajstić information content (AvgIpc) is 2.38. The molecule has 3 heteroatoms. The second-order valence-electron chi connectivity index (χ2n) is 5.19. The zero-order chi connectivity index (χ0) is 13.2. The number of rotatable bonds is 3. The van der Waals surface area contributed by atoms with Crippen molar-refractivity contribution in [2.45, 2.75) is 16.7 Å². The van der Waals surface area contributed by atoms with Gasteiger partial charge < -0.3 is 0 Å². The van der Waals surface area contributed by atoms with Gasteiger partial charge in [-0.25, -0.2) is 0 Å². The van der Waals surface area contributed by atoms with Crippen LogP contribution in [0.25, 0.3) is 0 Å². The molecule has 92 valence electrons. The second-order valence-corrected chi connectivity index (χ2v) is 21.5. The Morgan fingerprint density at radius 2 is 1.44 bits per heavy atom. The Morgan fingerprint density at radius 3 is 2.06 bits per heavy atom. The Hall–Kier alpha value is -0.406. The molecule has 0 spiro atoms. The fourth-order valence-electron chi connectivity index (χ4n) is 2.34. The molecule has 0 atom stereocenters. The van der Waals surface area contributed by atoms with Gasteiger partial charge in [0, 0.05) is 0 Å². The second kappa shape index (κ2) is 5.71. The van der Waals surface area contributed by atoms with E-state index >= 15 is 0 Å². The van der Waals surface area contributed by atoms with Gasteiger partial charge in [0.2, 0.25) is 0 Å². The molecule has 0 saturated heterocycles. The molecule has 0 aromatic heterocycles. The molecule has 2 aromatic carbocycles. The van der Waals surface area contributed by atoms with Crippen LogP contribution in [0.15, 0.2) is 54.6 Å². The van der Waals surface area contributed by atoms with Crippen LogP contribution in [-0.4, -0.2) is 24.0 Å². The molecule has 0 heterocycles. The first-order valence-corrected chi connectivity index (χ1v) is 17.1. The van der Waals surface area contributed by atoms with Gasteiger partial charge in [0.05, 0.1) is 0 Å². The first-order chi connectivity index (χ1) is 8.50. The molecule has 0 aliphatic rings. The van der Waals surface area contributed by atoms with Crippen molar-refractivity contribution in [3.63, 3.8) is 0 Å². The Kier molecular flexibility index (Phi) is 4.44. The third-order valence-corrected chi connectivity index (χ3v) is 9.69. The predicted molar refractivity (Wildman–Crippen MR) is 86.7 cm³/mol. The molecular formula is C15H18BClSn. The zero-order valence-corrected chi connectivity index (χ0v) is 14.8. The monoisotopic (exact) mass is 364 g/mol. The van der Waals surface area contributed by atoms with Crippen LogP contribution in [-0.2, 0) is 0 Å². The number of halogens is 1. The normalized spacial score (nSPS) is 11.3. The van der Waals surface area contributed by atoms with Gasteiger partial charge in [-0.05, 0) is 0 Å². The van der Waals surface area contributed by atoms with E-state index < -0.39 is 17.3 Å². The van der Waals surface area contributed by atoms with Crippen LogP contribution in [0.3, 0.4) is 0 Å². The van der Waals surface area contributed by atoms with E-state index in [0.717, 1.165) is 0 Å². The summed E-state index contributed by atoms with van der Waals surface area (Å²) in [7, 11) is 6.71. The van der Waals surface area contributed by atoms with Crippen molar-refractivity contribution in [1.82, 2.24) is 0 Å². The van der Waals surface area contributed by atoms with E-state index in [1.165, 1.54) is 14.5 Å². The van der Waals surface area contributed by atoms with Crippen LogP contribution < -0.4 is 14.5 Å². The summed E-state index contributed by atoms with van der Waals surface area (Å²) in [6.07, 6.45) is 0. The molecule has 2 aromatic rings. The maximum absolute atomic E-state index is 6.71. The molecule has 2 rings (SSSR count). The molecule has 0 saturated carbocycles. The van der Waals surface area contributed by atoms with Crippen molar-refractivity contribution < 1.29 is 0 Å². The first-order valence-electron chi connectivity index (χ1n) is 6.33. The van der Waals surface area contributed by atoms with Crippen molar-refractivity contribution in [3.05, 3.63) is 54.6 Å². The van der Waals surface area contributed by atoms with Gasteiger partial charge in [0.1, 0.15) is 0 Å². The summed E-state index contributed by atoms with van der Waals surface area (Å²) in [4.78, 5) is 4.51. The van der Waals surface area contributed by atoms with Crippen LogP contribution >= 0.6 is 8.92 Å². The summed E-state index contributed by atoms with van der Waals surface area (Å²) >= 11 is -2.55. The topological polar surface area (TPSA) is 0 Å². The van der Waals surface area contributed by atoms with Crippen LogP contribution in [0.5, 0.6) is 0 Å². The van der Waals surface area contributed by atoms with Gasteiger partial charge in [-0.2, -0.15) is 0 Å². The molecule has 0 bridgehead atoms. The summed E-state index contributed by atoms with van der Waals surface area (Å²) in [6, 6.07) is 19.3. The van der Waals surface area contributed by atoms with E-state index in [2.05, 4.69) is 71.3 Å². The standard InChI is InChI=1S/C13H12B.2CH3.ClH.Sn/c1-14(12-8-4-2-5-9-12)13-10-6-3-7-11-13;;;;/h2-10H,1H3;2*1H3;1H;/q;;;;+1/p-1. The first kappa shape index (κ1) is 14.0. The van der Waals surface area contributed by atoms with Crippen molar-refractivity contribution in [2.24, 2.45) is 0 Å². The van der Waals surface area contributed by atoms with E-state index in [0.29, 0.717) is 6.71 Å². The SMILES string of the molecule is CB(c1ccccc1)c1cccc[c]1[Sn]([CH3])([CH3])[Cl]. The van der Waals surface area contributed by atoms with E-state index in [-0.39, 0.29) is 0 Å². The van der Waals surface area contributed by atoms with E-state index in [1.807, 2.05) is 0 Å². The van der Waals surface area contributed by atoms with Gasteiger partial charge in [-0.3, -0.25) is 0 Å². The van der Waals surface area contributed by atoms with Crippen LogP contribution in [0, 0.1) is 0 Å². The fraction of sp³-hybridized carbons (Fsp3) is 0.200. The zero-order valence-electron chi connectivity index (χ0n) is 11.2. The Labute approximate surface area is 118 Å². The van der Waals surface area contributed by atoms with Crippen molar-refractivity contribution >= 4 is 47.4 Å². The summed E-state index contributed by atoms with van der Waals surface area (Å²) in [5.74, 6) is 0. The van der Waals surface area contributed by atoms with Gasteiger partial charge >= 0.3 is 119 Å². The quantitative estimate of drug-likeness (QED) is 0.736. The van der Waals surface area contributed by atoms with Gasteiger partial charge in [-0.1, -0.05) is 0 Å². The van der Waals surface area contributed by atoms with Crippen molar-refractivity contribution in [3.8, 4) is 0 Å². The van der Waals surface area contributed by atoms with E-state index in [4.69, 9.17) is 8.92 Å². The van der Waals surface area contributed by atoms with E-state index in [1.54, 1.807) is 0 Å². The van der Waals surface area contributed by atoms with Crippen LogP contribution in [0.1, 0.15) is 0 Å². The molecule has 0 nitrogen and oxygen atoms in total. The molecular weight excluding hydrogens is 345 g/mol. The third-order valence-electron chi connectivity index (χ3n) is 3.37. The van der Waals surface area contributed by atoms with Crippen molar-refractivity contribution in [1.29, 1.82) is 0 Å². The molecule has 0 unspecified atom stereocenters. The predicted octanol–water partition coefficient (Wildman–Crippen LogP) is 2.58. The van der Waals surface area contributed by atoms with Gasteiger partial charge in [0.15, 0.2) is 0 Å². The Balaban J connectivity index is 2.46. The molecule has 0 radical (unpaired) electrons. The fourth-order valence-corrected chi connectivity index (χ4v) is 7.71. The minimum atomic E-state index is -2.55.